The van der Waals surface area contributed by atoms with Gasteiger partial charge in [-0.1, -0.05) is 0 Å². The Labute approximate surface area is 123 Å². The minimum absolute atomic E-state index is 0.0111. The summed E-state index contributed by atoms with van der Waals surface area (Å²) >= 11 is 0. The Morgan fingerprint density at radius 2 is 2.33 bits per heavy atom. The standard InChI is InChI=1S/C14H21N5O2/c1-9-10(14(21-3)18(2)17-9)8-15-11-7-12(20)13(11)19-6-4-5-16-19/h4-6,11-13,15,20H,7-8H2,1-3H3/t11-,12+,13+/m0/s1. The molecule has 1 saturated carbocycles. The molecule has 0 aliphatic heterocycles. The van der Waals surface area contributed by atoms with Gasteiger partial charge in [-0.15, -0.1) is 0 Å². The summed E-state index contributed by atoms with van der Waals surface area (Å²) in [5.74, 6) is 0.774. The van der Waals surface area contributed by atoms with Gasteiger partial charge in [-0.25, -0.2) is 4.68 Å². The summed E-state index contributed by atoms with van der Waals surface area (Å²) < 4.78 is 8.96. The zero-order chi connectivity index (χ0) is 15.0. The molecule has 0 saturated heterocycles. The summed E-state index contributed by atoms with van der Waals surface area (Å²) in [6, 6.07) is 2.06. The molecule has 3 atom stereocenters. The van der Waals surface area contributed by atoms with Crippen LogP contribution in [0, 0.1) is 6.92 Å². The Morgan fingerprint density at radius 3 is 2.95 bits per heavy atom. The molecule has 0 spiro atoms. The molecule has 7 heteroatoms. The first kappa shape index (κ1) is 14.1. The lowest BCUT2D eigenvalue weighted by Gasteiger charge is -2.42. The minimum atomic E-state index is -0.348. The molecule has 2 N–H and O–H groups in total. The summed E-state index contributed by atoms with van der Waals surface area (Å²) in [4.78, 5) is 0. The molecule has 114 valence electrons. The van der Waals surface area contributed by atoms with Gasteiger partial charge in [-0.05, 0) is 19.4 Å². The van der Waals surface area contributed by atoms with Gasteiger partial charge in [0.05, 0.1) is 30.5 Å². The summed E-state index contributed by atoms with van der Waals surface area (Å²) in [5, 5.41) is 22.0. The Balaban J connectivity index is 1.68. The molecule has 1 aliphatic carbocycles. The minimum Gasteiger partial charge on any atom is -0.481 e. The van der Waals surface area contributed by atoms with Crippen molar-refractivity contribution in [3.63, 3.8) is 0 Å². The molecule has 2 aromatic rings. The number of ether oxygens (including phenoxy) is 1. The average molecular weight is 291 g/mol. The van der Waals surface area contributed by atoms with Crippen LogP contribution in [0.3, 0.4) is 0 Å². The number of methoxy groups -OCH3 is 1. The van der Waals surface area contributed by atoms with E-state index in [1.807, 2.05) is 30.9 Å². The second-order valence-corrected chi connectivity index (χ2v) is 5.46. The normalized spacial score (nSPS) is 24.9. The molecule has 0 bridgehead atoms. The van der Waals surface area contributed by atoms with E-state index in [0.29, 0.717) is 6.54 Å². The molecule has 0 unspecified atom stereocenters. The third-order valence-electron chi connectivity index (χ3n) is 4.16. The van der Waals surface area contributed by atoms with Crippen LogP contribution in [0.2, 0.25) is 0 Å². The van der Waals surface area contributed by atoms with Crippen LogP contribution < -0.4 is 10.1 Å². The summed E-state index contributed by atoms with van der Waals surface area (Å²) in [6.07, 6.45) is 4.00. The highest BCUT2D eigenvalue weighted by atomic mass is 16.5. The first-order chi connectivity index (χ1) is 10.1. The Hall–Kier alpha value is -1.86. The van der Waals surface area contributed by atoms with Crippen molar-refractivity contribution in [1.29, 1.82) is 0 Å². The predicted octanol–water partition coefficient (Wildman–Crippen LogP) is 0.398. The van der Waals surface area contributed by atoms with Crippen LogP contribution in [0.5, 0.6) is 5.88 Å². The highest BCUT2D eigenvalue weighted by Gasteiger charge is 2.41. The van der Waals surface area contributed by atoms with Crippen molar-refractivity contribution in [1.82, 2.24) is 24.9 Å². The first-order valence-electron chi connectivity index (χ1n) is 7.09. The van der Waals surface area contributed by atoms with Gasteiger partial charge in [0.1, 0.15) is 0 Å². The van der Waals surface area contributed by atoms with E-state index in [1.165, 1.54) is 0 Å². The average Bonchev–Trinajstić information content (AvgIpc) is 3.02. The number of aryl methyl sites for hydroxylation is 2. The molecule has 0 aromatic carbocycles. The van der Waals surface area contributed by atoms with Crippen molar-refractivity contribution in [2.24, 2.45) is 7.05 Å². The van der Waals surface area contributed by atoms with Crippen LogP contribution in [0.4, 0.5) is 0 Å². The van der Waals surface area contributed by atoms with Gasteiger partial charge < -0.3 is 15.2 Å². The van der Waals surface area contributed by atoms with Crippen LogP contribution in [-0.2, 0) is 13.6 Å². The second kappa shape index (κ2) is 5.50. The number of hydrogen-bond donors (Lipinski definition) is 2. The fraction of sp³-hybridized carbons (Fsp3) is 0.571. The van der Waals surface area contributed by atoms with Gasteiger partial charge >= 0.3 is 0 Å². The van der Waals surface area contributed by atoms with Crippen LogP contribution in [0.1, 0.15) is 23.7 Å². The first-order valence-corrected chi connectivity index (χ1v) is 7.09. The van der Waals surface area contributed by atoms with Crippen molar-refractivity contribution in [3.05, 3.63) is 29.7 Å². The van der Waals surface area contributed by atoms with E-state index in [2.05, 4.69) is 15.5 Å². The van der Waals surface area contributed by atoms with Crippen molar-refractivity contribution in [3.8, 4) is 5.88 Å². The molecule has 21 heavy (non-hydrogen) atoms. The fourth-order valence-corrected chi connectivity index (χ4v) is 3.01. The van der Waals surface area contributed by atoms with Crippen molar-refractivity contribution in [2.75, 3.05) is 7.11 Å². The summed E-state index contributed by atoms with van der Waals surface area (Å²) in [5.41, 5.74) is 2.01. The lowest BCUT2D eigenvalue weighted by atomic mass is 9.83. The summed E-state index contributed by atoms with van der Waals surface area (Å²) in [6.45, 7) is 2.64. The molecule has 2 heterocycles. The number of nitrogens with zero attached hydrogens (tertiary/aromatic N) is 4. The van der Waals surface area contributed by atoms with E-state index >= 15 is 0 Å². The second-order valence-electron chi connectivity index (χ2n) is 5.46. The zero-order valence-corrected chi connectivity index (χ0v) is 12.5. The third-order valence-corrected chi connectivity index (χ3v) is 4.16. The monoisotopic (exact) mass is 291 g/mol. The predicted molar refractivity (Wildman–Crippen MR) is 77.0 cm³/mol. The summed E-state index contributed by atoms with van der Waals surface area (Å²) in [7, 11) is 3.52. The number of aromatic nitrogens is 4. The zero-order valence-electron chi connectivity index (χ0n) is 12.5. The van der Waals surface area contributed by atoms with E-state index in [4.69, 9.17) is 4.74 Å². The van der Waals surface area contributed by atoms with Crippen LogP contribution in [0.25, 0.3) is 0 Å². The topological polar surface area (TPSA) is 77.1 Å². The lowest BCUT2D eigenvalue weighted by molar-refractivity contribution is -0.00828. The molecule has 1 fully saturated rings. The van der Waals surface area contributed by atoms with Crippen molar-refractivity contribution in [2.45, 2.75) is 38.1 Å². The number of aliphatic hydroxyl groups is 1. The number of hydrogen-bond acceptors (Lipinski definition) is 5. The highest BCUT2D eigenvalue weighted by molar-refractivity contribution is 5.30. The van der Waals surface area contributed by atoms with E-state index in [0.717, 1.165) is 23.6 Å². The maximum atomic E-state index is 9.96. The maximum absolute atomic E-state index is 9.96. The van der Waals surface area contributed by atoms with E-state index < -0.39 is 0 Å². The molecule has 2 aromatic heterocycles. The van der Waals surface area contributed by atoms with Crippen LogP contribution in [-0.4, -0.2) is 43.9 Å². The number of aliphatic hydroxyl groups excluding tert-OH is 1. The molecule has 3 rings (SSSR count). The number of nitrogens with one attached hydrogen (secondary N) is 1. The van der Waals surface area contributed by atoms with Crippen molar-refractivity contribution < 1.29 is 9.84 Å². The SMILES string of the molecule is COc1c(CN[C@H]2C[C@@H](O)[C@@H]2n2cccn2)c(C)nn1C. The Kier molecular flexibility index (Phi) is 3.69. The maximum Gasteiger partial charge on any atom is 0.216 e. The number of rotatable bonds is 5. The van der Waals surface area contributed by atoms with E-state index in [-0.39, 0.29) is 18.2 Å². The van der Waals surface area contributed by atoms with Gasteiger partial charge in [-0.3, -0.25) is 4.68 Å². The smallest absolute Gasteiger partial charge is 0.216 e. The third kappa shape index (κ3) is 2.43. The van der Waals surface area contributed by atoms with Crippen LogP contribution in [0.15, 0.2) is 18.5 Å². The van der Waals surface area contributed by atoms with Gasteiger partial charge in [0.15, 0.2) is 0 Å². The Morgan fingerprint density at radius 1 is 1.52 bits per heavy atom. The molecule has 0 amide bonds. The quantitative estimate of drug-likeness (QED) is 0.834. The Bertz CT molecular complexity index is 607. The molecule has 7 nitrogen and oxygen atoms in total. The van der Waals surface area contributed by atoms with Crippen molar-refractivity contribution >= 4 is 0 Å². The largest absolute Gasteiger partial charge is 0.481 e. The van der Waals surface area contributed by atoms with Gasteiger partial charge in [0, 0.05) is 32.0 Å². The van der Waals surface area contributed by atoms with E-state index in [9.17, 15) is 5.11 Å². The molecular formula is C14H21N5O2. The highest BCUT2D eigenvalue weighted by Crippen LogP contribution is 2.33. The lowest BCUT2D eigenvalue weighted by Crippen LogP contribution is -2.54. The van der Waals surface area contributed by atoms with E-state index in [1.54, 1.807) is 18.0 Å². The van der Waals surface area contributed by atoms with Crippen LogP contribution >= 0.6 is 0 Å². The molecular weight excluding hydrogens is 270 g/mol. The molecule has 0 radical (unpaired) electrons. The van der Waals surface area contributed by atoms with Gasteiger partial charge in [-0.2, -0.15) is 10.2 Å². The van der Waals surface area contributed by atoms with Gasteiger partial charge in [0.25, 0.3) is 0 Å². The van der Waals surface area contributed by atoms with Gasteiger partial charge in [0.2, 0.25) is 5.88 Å². The molecule has 1 aliphatic rings. The fourth-order valence-electron chi connectivity index (χ4n) is 3.01.